The molecule has 2 rings (SSSR count). The van der Waals surface area contributed by atoms with Crippen LogP contribution < -0.4 is 10.2 Å². The Morgan fingerprint density at radius 1 is 1.46 bits per heavy atom. The third-order valence-corrected chi connectivity index (χ3v) is 5.68. The lowest BCUT2D eigenvalue weighted by molar-refractivity contribution is -0.152. The summed E-state index contributed by atoms with van der Waals surface area (Å²) >= 11 is 1.57. The average Bonchev–Trinajstić information content (AvgIpc) is 3.07. The summed E-state index contributed by atoms with van der Waals surface area (Å²) in [6.45, 7) is 5.00. The van der Waals surface area contributed by atoms with Crippen LogP contribution in [0.15, 0.2) is 29.2 Å². The van der Waals surface area contributed by atoms with Crippen LogP contribution >= 0.6 is 11.8 Å². The second kappa shape index (κ2) is 9.11. The zero-order valence-corrected chi connectivity index (χ0v) is 17.3. The summed E-state index contributed by atoms with van der Waals surface area (Å²) in [5.74, 6) is -2.00. The minimum atomic E-state index is -1.04. The Bertz CT molecular complexity index is 805. The first-order valence-electron chi connectivity index (χ1n) is 9.03. The van der Waals surface area contributed by atoms with E-state index >= 15 is 0 Å². The smallest absolute Gasteiger partial charge is 0.311 e. The molecule has 0 aromatic heterocycles. The summed E-state index contributed by atoms with van der Waals surface area (Å²) in [7, 11) is 0. The second-order valence-electron chi connectivity index (χ2n) is 7.23. The number of esters is 1. The van der Waals surface area contributed by atoms with Crippen molar-refractivity contribution in [3.63, 3.8) is 0 Å². The molecule has 150 valence electrons. The van der Waals surface area contributed by atoms with Gasteiger partial charge in [0, 0.05) is 23.5 Å². The number of carbonyl (C=O) groups is 3. The molecule has 0 unspecified atom stereocenters. The minimum absolute atomic E-state index is 0.0475. The predicted molar refractivity (Wildman–Crippen MR) is 107 cm³/mol. The summed E-state index contributed by atoms with van der Waals surface area (Å²) in [6, 6.07) is 9.61. The van der Waals surface area contributed by atoms with E-state index in [1.54, 1.807) is 23.6 Å². The van der Waals surface area contributed by atoms with Crippen LogP contribution in [0.4, 0.5) is 5.69 Å². The molecule has 0 spiro atoms. The van der Waals surface area contributed by atoms with Crippen molar-refractivity contribution < 1.29 is 19.1 Å². The lowest BCUT2D eigenvalue weighted by atomic mass is 9.90. The Morgan fingerprint density at radius 2 is 2.18 bits per heavy atom. The topological polar surface area (TPSA) is 99.5 Å². The van der Waals surface area contributed by atoms with Crippen molar-refractivity contribution in [2.24, 2.45) is 11.8 Å². The van der Waals surface area contributed by atoms with E-state index in [9.17, 15) is 19.6 Å². The van der Waals surface area contributed by atoms with Gasteiger partial charge in [-0.2, -0.15) is 5.26 Å². The maximum Gasteiger partial charge on any atom is 0.311 e. The molecule has 8 heteroatoms. The Kier molecular flexibility index (Phi) is 7.08. The van der Waals surface area contributed by atoms with Crippen molar-refractivity contribution in [2.45, 2.75) is 37.6 Å². The molecule has 1 heterocycles. The molecule has 1 aromatic rings. The van der Waals surface area contributed by atoms with E-state index in [4.69, 9.17) is 4.74 Å². The SMILES string of the molecule is CSc1cccc(N2C[C@H](C(=O)OCC(=O)N[C@](C)(C#N)C(C)C)CC2=O)c1. The van der Waals surface area contributed by atoms with Gasteiger partial charge in [-0.15, -0.1) is 11.8 Å². The summed E-state index contributed by atoms with van der Waals surface area (Å²) in [6.07, 6.45) is 2.00. The van der Waals surface area contributed by atoms with Gasteiger partial charge < -0.3 is 15.0 Å². The number of anilines is 1. The third kappa shape index (κ3) is 5.04. The molecule has 28 heavy (non-hydrogen) atoms. The number of amides is 2. The van der Waals surface area contributed by atoms with Crippen molar-refractivity contribution in [3.05, 3.63) is 24.3 Å². The van der Waals surface area contributed by atoms with Crippen LogP contribution in [0.2, 0.25) is 0 Å². The standard InChI is InChI=1S/C20H25N3O4S/c1-13(2)20(3,12-21)22-17(24)11-27-19(26)14-8-18(25)23(10-14)15-6-5-7-16(9-15)28-4/h5-7,9,13-14H,8,10-11H2,1-4H3,(H,22,24)/t14-,20-/m1/s1. The third-order valence-electron chi connectivity index (χ3n) is 4.95. The molecule has 1 N–H and O–H groups in total. The fraction of sp³-hybridized carbons (Fsp3) is 0.500. The van der Waals surface area contributed by atoms with Crippen molar-refractivity contribution in [1.82, 2.24) is 5.32 Å². The molecule has 0 aliphatic carbocycles. The maximum absolute atomic E-state index is 12.3. The molecule has 1 saturated heterocycles. The van der Waals surface area contributed by atoms with Crippen LogP contribution in [0.25, 0.3) is 0 Å². The molecule has 1 aliphatic rings. The van der Waals surface area contributed by atoms with E-state index in [0.717, 1.165) is 10.6 Å². The monoisotopic (exact) mass is 403 g/mol. The van der Waals surface area contributed by atoms with Gasteiger partial charge in [-0.3, -0.25) is 14.4 Å². The zero-order valence-electron chi connectivity index (χ0n) is 16.5. The van der Waals surface area contributed by atoms with Crippen LogP contribution in [0, 0.1) is 23.2 Å². The highest BCUT2D eigenvalue weighted by atomic mass is 32.2. The number of hydrogen-bond donors (Lipinski definition) is 1. The van der Waals surface area contributed by atoms with Crippen molar-refractivity contribution >= 4 is 35.2 Å². The molecular formula is C20H25N3O4S. The molecule has 0 radical (unpaired) electrons. The molecule has 1 aromatic carbocycles. The number of thioether (sulfide) groups is 1. The number of carbonyl (C=O) groups excluding carboxylic acids is 3. The van der Waals surface area contributed by atoms with Gasteiger partial charge in [-0.25, -0.2) is 0 Å². The number of ether oxygens (including phenoxy) is 1. The zero-order chi connectivity index (χ0) is 20.9. The van der Waals surface area contributed by atoms with Crippen molar-refractivity contribution in [1.29, 1.82) is 5.26 Å². The number of nitrogens with zero attached hydrogens (tertiary/aromatic N) is 2. The highest BCUT2D eigenvalue weighted by Gasteiger charge is 2.37. The minimum Gasteiger partial charge on any atom is -0.455 e. The van der Waals surface area contributed by atoms with E-state index in [1.807, 2.05) is 44.4 Å². The number of rotatable bonds is 7. The average molecular weight is 404 g/mol. The van der Waals surface area contributed by atoms with Gasteiger partial charge in [-0.05, 0) is 37.3 Å². The van der Waals surface area contributed by atoms with E-state index < -0.39 is 29.9 Å². The van der Waals surface area contributed by atoms with Crippen molar-refractivity contribution in [2.75, 3.05) is 24.3 Å². The summed E-state index contributed by atoms with van der Waals surface area (Å²) < 4.78 is 5.09. The molecule has 1 fully saturated rings. The Hall–Kier alpha value is -2.53. The Labute approximate surface area is 169 Å². The molecule has 2 atom stereocenters. The molecule has 2 amide bonds. The van der Waals surface area contributed by atoms with Gasteiger partial charge in [0.25, 0.3) is 5.91 Å². The van der Waals surface area contributed by atoms with Gasteiger partial charge in [0.1, 0.15) is 5.54 Å². The number of benzene rings is 1. The number of nitriles is 1. The molecular weight excluding hydrogens is 378 g/mol. The molecule has 7 nitrogen and oxygen atoms in total. The Balaban J connectivity index is 1.92. The van der Waals surface area contributed by atoms with Gasteiger partial charge in [0.15, 0.2) is 6.61 Å². The first-order valence-corrected chi connectivity index (χ1v) is 10.3. The van der Waals surface area contributed by atoms with Crippen LogP contribution in [-0.2, 0) is 19.1 Å². The molecule has 0 saturated carbocycles. The predicted octanol–water partition coefficient (Wildman–Crippen LogP) is 2.36. The van der Waals surface area contributed by atoms with Gasteiger partial charge in [0.05, 0.1) is 12.0 Å². The van der Waals surface area contributed by atoms with Crippen molar-refractivity contribution in [3.8, 4) is 6.07 Å². The van der Waals surface area contributed by atoms with Crippen LogP contribution in [0.5, 0.6) is 0 Å². The largest absolute Gasteiger partial charge is 0.455 e. The van der Waals surface area contributed by atoms with Crippen LogP contribution in [0.3, 0.4) is 0 Å². The summed E-state index contributed by atoms with van der Waals surface area (Å²) in [4.78, 5) is 39.3. The first-order chi connectivity index (χ1) is 13.2. The summed E-state index contributed by atoms with van der Waals surface area (Å²) in [5.41, 5.74) is -0.294. The fourth-order valence-corrected chi connectivity index (χ4v) is 3.23. The summed E-state index contributed by atoms with van der Waals surface area (Å²) in [5, 5.41) is 11.8. The lowest BCUT2D eigenvalue weighted by Crippen LogP contribution is -2.50. The van der Waals surface area contributed by atoms with E-state index in [1.165, 1.54) is 0 Å². The van der Waals surface area contributed by atoms with E-state index in [2.05, 4.69) is 11.4 Å². The highest BCUT2D eigenvalue weighted by Crippen LogP contribution is 2.28. The van der Waals surface area contributed by atoms with E-state index in [-0.39, 0.29) is 24.8 Å². The molecule has 0 bridgehead atoms. The maximum atomic E-state index is 12.3. The highest BCUT2D eigenvalue weighted by molar-refractivity contribution is 7.98. The van der Waals surface area contributed by atoms with E-state index in [0.29, 0.717) is 0 Å². The number of nitrogens with one attached hydrogen (secondary N) is 1. The molecule has 1 aliphatic heterocycles. The lowest BCUT2D eigenvalue weighted by Gasteiger charge is -2.27. The second-order valence-corrected chi connectivity index (χ2v) is 8.11. The van der Waals surface area contributed by atoms with Crippen LogP contribution in [0.1, 0.15) is 27.2 Å². The quantitative estimate of drug-likeness (QED) is 0.554. The number of hydrogen-bond acceptors (Lipinski definition) is 6. The van der Waals surface area contributed by atoms with Gasteiger partial charge >= 0.3 is 5.97 Å². The van der Waals surface area contributed by atoms with Crippen LogP contribution in [-0.4, -0.2) is 42.7 Å². The van der Waals surface area contributed by atoms with Gasteiger partial charge in [0.2, 0.25) is 5.91 Å². The Morgan fingerprint density at radius 3 is 2.79 bits per heavy atom. The van der Waals surface area contributed by atoms with Gasteiger partial charge in [-0.1, -0.05) is 19.9 Å². The normalized spacial score (nSPS) is 18.5. The first kappa shape index (κ1) is 21.8. The fourth-order valence-electron chi connectivity index (χ4n) is 2.78.